The number of ether oxygens (including phenoxy) is 1. The van der Waals surface area contributed by atoms with Crippen molar-refractivity contribution in [3.63, 3.8) is 0 Å². The molecule has 3 N–H and O–H groups in total. The fourth-order valence-corrected chi connectivity index (χ4v) is 4.16. The summed E-state index contributed by atoms with van der Waals surface area (Å²) >= 11 is 0. The summed E-state index contributed by atoms with van der Waals surface area (Å²) < 4.78 is 19.9. The van der Waals surface area contributed by atoms with Gasteiger partial charge in [-0.1, -0.05) is 0 Å². The lowest BCUT2D eigenvalue weighted by atomic mass is 10.2. The second-order valence-electron chi connectivity index (χ2n) is 7.35. The Balaban J connectivity index is 1.41. The quantitative estimate of drug-likeness (QED) is 0.777. The number of carbonyl (C=O) groups is 3. The van der Waals surface area contributed by atoms with Gasteiger partial charge in [0.2, 0.25) is 11.8 Å². The zero-order valence-electron chi connectivity index (χ0n) is 14.9. The van der Waals surface area contributed by atoms with Crippen molar-refractivity contribution in [3.05, 3.63) is 24.0 Å². The second kappa shape index (κ2) is 6.40. The number of nitrogens with one attached hydrogen (secondary N) is 1. The summed E-state index contributed by atoms with van der Waals surface area (Å²) in [6.07, 6.45) is -1.04. The molecular weight excluding hydrogens is 355 g/mol. The van der Waals surface area contributed by atoms with Crippen LogP contribution in [0.15, 0.2) is 18.2 Å². The molecule has 3 amide bonds. The lowest BCUT2D eigenvalue weighted by Gasteiger charge is -2.23. The third kappa shape index (κ3) is 3.17. The van der Waals surface area contributed by atoms with Crippen molar-refractivity contribution in [2.24, 2.45) is 23.5 Å². The van der Waals surface area contributed by atoms with Crippen LogP contribution in [0.2, 0.25) is 0 Å². The summed E-state index contributed by atoms with van der Waals surface area (Å²) in [4.78, 5) is 37.6. The Morgan fingerprint density at radius 1 is 1.30 bits per heavy atom. The van der Waals surface area contributed by atoms with Gasteiger partial charge in [-0.3, -0.25) is 14.5 Å². The number of carbonyl (C=O) groups excluding carboxylic acids is 3. The van der Waals surface area contributed by atoms with E-state index in [2.05, 4.69) is 5.32 Å². The van der Waals surface area contributed by atoms with Crippen LogP contribution < -0.4 is 20.9 Å². The van der Waals surface area contributed by atoms with Gasteiger partial charge in [0, 0.05) is 25.9 Å². The van der Waals surface area contributed by atoms with Crippen LogP contribution in [0.4, 0.5) is 20.6 Å². The van der Waals surface area contributed by atoms with E-state index in [9.17, 15) is 18.8 Å². The molecule has 27 heavy (non-hydrogen) atoms. The molecular formula is C18H21FN4O4. The minimum atomic E-state index is -0.566. The first kappa shape index (κ1) is 17.6. The van der Waals surface area contributed by atoms with Gasteiger partial charge in [0.05, 0.1) is 24.5 Å². The predicted molar refractivity (Wildman–Crippen MR) is 94.6 cm³/mol. The minimum absolute atomic E-state index is 0.0801. The van der Waals surface area contributed by atoms with Gasteiger partial charge in [0.1, 0.15) is 11.9 Å². The smallest absolute Gasteiger partial charge is 0.414 e. The summed E-state index contributed by atoms with van der Waals surface area (Å²) in [5.74, 6) is -0.565. The lowest BCUT2D eigenvalue weighted by Crippen LogP contribution is -2.33. The Bertz CT molecular complexity index is 805. The number of anilines is 2. The van der Waals surface area contributed by atoms with Crippen LogP contribution in [0.25, 0.3) is 0 Å². The summed E-state index contributed by atoms with van der Waals surface area (Å²) in [5, 5.41) is 2.60. The summed E-state index contributed by atoms with van der Waals surface area (Å²) in [6, 6.07) is 4.63. The van der Waals surface area contributed by atoms with E-state index in [4.69, 9.17) is 10.5 Å². The van der Waals surface area contributed by atoms with Crippen molar-refractivity contribution < 1.29 is 23.5 Å². The number of primary amides is 1. The van der Waals surface area contributed by atoms with Crippen LogP contribution in [0.1, 0.15) is 6.92 Å². The molecule has 1 aliphatic carbocycles. The van der Waals surface area contributed by atoms with E-state index in [-0.39, 0.29) is 42.7 Å². The molecule has 4 rings (SSSR count). The number of hydrogen-bond acceptors (Lipinski definition) is 5. The largest absolute Gasteiger partial charge is 0.442 e. The van der Waals surface area contributed by atoms with Gasteiger partial charge in [-0.25, -0.2) is 9.18 Å². The molecule has 2 heterocycles. The molecule has 0 spiro atoms. The Morgan fingerprint density at radius 2 is 2.00 bits per heavy atom. The first-order valence-corrected chi connectivity index (χ1v) is 8.91. The average Bonchev–Trinajstić information content (AvgIpc) is 2.94. The van der Waals surface area contributed by atoms with Crippen LogP contribution in [0.5, 0.6) is 0 Å². The maximum absolute atomic E-state index is 14.7. The van der Waals surface area contributed by atoms with Gasteiger partial charge < -0.3 is 20.7 Å². The molecule has 2 saturated heterocycles. The number of halogens is 1. The number of hydrogen-bond donors (Lipinski definition) is 2. The van der Waals surface area contributed by atoms with Crippen molar-refractivity contribution in [3.8, 4) is 0 Å². The predicted octanol–water partition coefficient (Wildman–Crippen LogP) is 0.454. The molecule has 3 atom stereocenters. The summed E-state index contributed by atoms with van der Waals surface area (Å²) in [5.41, 5.74) is 6.21. The van der Waals surface area contributed by atoms with Gasteiger partial charge in [0.25, 0.3) is 0 Å². The van der Waals surface area contributed by atoms with Crippen molar-refractivity contribution >= 4 is 29.3 Å². The number of benzene rings is 1. The van der Waals surface area contributed by atoms with E-state index in [0.717, 1.165) is 0 Å². The highest BCUT2D eigenvalue weighted by Crippen LogP contribution is 2.52. The van der Waals surface area contributed by atoms with Crippen LogP contribution >= 0.6 is 0 Å². The van der Waals surface area contributed by atoms with Gasteiger partial charge in [-0.2, -0.15) is 0 Å². The second-order valence-corrected chi connectivity index (χ2v) is 7.35. The number of fused-ring (bicyclic) bond motifs is 1. The van der Waals surface area contributed by atoms with Crippen LogP contribution in [0.3, 0.4) is 0 Å². The Labute approximate surface area is 155 Å². The monoisotopic (exact) mass is 376 g/mol. The van der Waals surface area contributed by atoms with Gasteiger partial charge in [-0.05, 0) is 30.0 Å². The molecule has 3 fully saturated rings. The molecule has 2 aliphatic heterocycles. The molecule has 0 radical (unpaired) electrons. The molecule has 0 aromatic heterocycles. The number of nitrogens with two attached hydrogens (primary N) is 1. The van der Waals surface area contributed by atoms with Crippen LogP contribution in [0, 0.1) is 23.6 Å². The highest BCUT2D eigenvalue weighted by Gasteiger charge is 2.58. The first-order chi connectivity index (χ1) is 12.8. The number of nitrogens with zero attached hydrogens (tertiary/aromatic N) is 2. The first-order valence-electron chi connectivity index (χ1n) is 8.91. The van der Waals surface area contributed by atoms with E-state index in [0.29, 0.717) is 24.5 Å². The fraction of sp³-hybridized carbons (Fsp3) is 0.500. The Hall–Kier alpha value is -2.84. The van der Waals surface area contributed by atoms with Crippen LogP contribution in [-0.2, 0) is 14.3 Å². The van der Waals surface area contributed by atoms with Crippen molar-refractivity contribution in [1.82, 2.24) is 5.32 Å². The third-order valence-electron chi connectivity index (χ3n) is 5.56. The molecule has 2 unspecified atom stereocenters. The van der Waals surface area contributed by atoms with E-state index in [1.165, 1.54) is 17.9 Å². The highest BCUT2D eigenvalue weighted by molar-refractivity contribution is 5.90. The summed E-state index contributed by atoms with van der Waals surface area (Å²) in [7, 11) is 0. The zero-order valence-corrected chi connectivity index (χ0v) is 14.9. The normalized spacial score (nSPS) is 28.7. The SMILES string of the molecule is CC(=O)NC[C@H]1CN(c2ccc(N3CC4C(C3)C4C(N)=O)c(F)c2)C(=O)O1. The molecule has 8 nitrogen and oxygen atoms in total. The van der Waals surface area contributed by atoms with Gasteiger partial charge >= 0.3 is 6.09 Å². The minimum Gasteiger partial charge on any atom is -0.442 e. The molecule has 1 aromatic rings. The fourth-order valence-electron chi connectivity index (χ4n) is 4.16. The van der Waals surface area contributed by atoms with E-state index in [1.54, 1.807) is 12.1 Å². The summed E-state index contributed by atoms with van der Waals surface area (Å²) in [6.45, 7) is 3.07. The molecule has 9 heteroatoms. The molecule has 0 bridgehead atoms. The molecule has 1 saturated carbocycles. The number of amides is 3. The average molecular weight is 376 g/mol. The molecule has 1 aromatic carbocycles. The third-order valence-corrected chi connectivity index (χ3v) is 5.56. The molecule has 3 aliphatic rings. The Kier molecular flexibility index (Phi) is 4.16. The number of cyclic esters (lactones) is 1. The number of piperidine rings is 1. The van der Waals surface area contributed by atoms with Crippen LogP contribution in [-0.4, -0.2) is 50.2 Å². The van der Waals surface area contributed by atoms with Gasteiger partial charge in [0.15, 0.2) is 0 Å². The van der Waals surface area contributed by atoms with Crippen molar-refractivity contribution in [1.29, 1.82) is 0 Å². The lowest BCUT2D eigenvalue weighted by molar-refractivity contribution is -0.120. The van der Waals surface area contributed by atoms with E-state index >= 15 is 0 Å². The van der Waals surface area contributed by atoms with Crippen molar-refractivity contribution in [2.45, 2.75) is 13.0 Å². The standard InChI is InChI=1S/C18H21FN4O4/c1-9(24)21-5-11-6-23(18(26)27-11)10-2-3-15(14(19)4-10)22-7-12-13(8-22)16(12)17(20)25/h2-4,11-13,16H,5-8H2,1H3,(H2,20,25)(H,21,24)/t11-,12?,13?,16?/m0/s1. The Morgan fingerprint density at radius 3 is 2.59 bits per heavy atom. The van der Waals surface area contributed by atoms with E-state index < -0.39 is 18.0 Å². The van der Waals surface area contributed by atoms with E-state index in [1.807, 2.05) is 4.90 Å². The topological polar surface area (TPSA) is 105 Å². The van der Waals surface area contributed by atoms with Crippen molar-refractivity contribution in [2.75, 3.05) is 36.0 Å². The maximum atomic E-state index is 14.7. The maximum Gasteiger partial charge on any atom is 0.414 e. The zero-order chi connectivity index (χ0) is 19.3. The molecule has 144 valence electrons. The van der Waals surface area contributed by atoms with Gasteiger partial charge in [-0.15, -0.1) is 0 Å². The highest BCUT2D eigenvalue weighted by atomic mass is 19.1. The number of rotatable bonds is 5.